The van der Waals surface area contributed by atoms with E-state index < -0.39 is 12.0 Å². The van der Waals surface area contributed by atoms with E-state index >= 15 is 0 Å². The lowest BCUT2D eigenvalue weighted by Crippen LogP contribution is -2.71. The molecule has 2 aliphatic rings. The van der Waals surface area contributed by atoms with Gasteiger partial charge in [0, 0.05) is 0 Å². The van der Waals surface area contributed by atoms with Crippen molar-refractivity contribution in [2.45, 2.75) is 31.3 Å². The number of hydrogen-bond acceptors (Lipinski definition) is 3. The maximum atomic E-state index is 12.1. The number of β-lactam (4-membered cyclic amide) rings is 1. The number of benzene rings is 1. The molecule has 2 N–H and O–H groups in total. The van der Waals surface area contributed by atoms with Gasteiger partial charge in [0.1, 0.15) is 11.7 Å². The Morgan fingerprint density at radius 3 is 2.68 bits per heavy atom. The molecule has 0 unspecified atom stereocenters. The topological polar surface area (TPSA) is 86.7 Å². The van der Waals surface area contributed by atoms with Crippen molar-refractivity contribution >= 4 is 17.8 Å². The van der Waals surface area contributed by atoms with Crippen LogP contribution < -0.4 is 5.32 Å². The van der Waals surface area contributed by atoms with E-state index in [0.717, 1.165) is 5.56 Å². The van der Waals surface area contributed by atoms with Gasteiger partial charge in [-0.05, 0) is 18.4 Å². The lowest BCUT2D eigenvalue weighted by Gasteiger charge is -2.49. The number of carbonyl (C=O) groups excluding carboxylic acids is 2. The normalized spacial score (nSPS) is 23.2. The Morgan fingerprint density at radius 2 is 2.00 bits per heavy atom. The molecule has 6 nitrogen and oxygen atoms in total. The van der Waals surface area contributed by atoms with Gasteiger partial charge in [-0.3, -0.25) is 14.5 Å². The van der Waals surface area contributed by atoms with E-state index in [-0.39, 0.29) is 30.0 Å². The third kappa shape index (κ3) is 2.47. The fraction of sp³-hybridized carbons (Fsp3) is 0.312. The third-order valence-electron chi connectivity index (χ3n) is 4.02. The number of fused-ring (bicyclic) bond motifs is 1. The number of allylic oxidation sites excluding steroid dienone is 1. The van der Waals surface area contributed by atoms with Crippen LogP contribution in [-0.4, -0.2) is 39.9 Å². The predicted octanol–water partition coefficient (Wildman–Crippen LogP) is 0.687. The van der Waals surface area contributed by atoms with Gasteiger partial charge in [-0.15, -0.1) is 0 Å². The second kappa shape index (κ2) is 5.63. The number of amides is 2. The average Bonchev–Trinajstić information content (AvgIpc) is 2.52. The average molecular weight is 300 g/mol. The number of nitrogens with one attached hydrogen (secondary N) is 1. The third-order valence-corrected chi connectivity index (χ3v) is 4.02. The zero-order chi connectivity index (χ0) is 15.7. The highest BCUT2D eigenvalue weighted by atomic mass is 16.4. The molecule has 1 saturated heterocycles. The monoisotopic (exact) mass is 300 g/mol. The summed E-state index contributed by atoms with van der Waals surface area (Å²) in [5, 5.41) is 11.8. The molecule has 22 heavy (non-hydrogen) atoms. The lowest BCUT2D eigenvalue weighted by molar-refractivity contribution is -0.155. The van der Waals surface area contributed by atoms with Crippen LogP contribution in [0.4, 0.5) is 0 Å². The minimum atomic E-state index is -1.10. The number of nitrogens with zero attached hydrogens (tertiary/aromatic N) is 1. The van der Waals surface area contributed by atoms with Crippen LogP contribution in [0, 0.1) is 0 Å². The SMILES string of the molecule is O=C(Cc1ccccc1)N[C@@H]1C(=O)N2C(C(=O)O)=CCC[C@@H]12. The predicted molar refractivity (Wildman–Crippen MR) is 77.7 cm³/mol. The van der Waals surface area contributed by atoms with Crippen LogP contribution in [0.3, 0.4) is 0 Å². The number of aliphatic carboxylic acids is 1. The van der Waals surface area contributed by atoms with Crippen molar-refractivity contribution in [1.29, 1.82) is 0 Å². The molecule has 0 aromatic heterocycles. The minimum absolute atomic E-state index is 0.0230. The molecule has 1 fully saturated rings. The molecular formula is C16H16N2O4. The minimum Gasteiger partial charge on any atom is -0.477 e. The summed E-state index contributed by atoms with van der Waals surface area (Å²) in [6.45, 7) is 0. The quantitative estimate of drug-likeness (QED) is 0.801. The van der Waals surface area contributed by atoms with E-state index in [1.807, 2.05) is 30.3 Å². The van der Waals surface area contributed by atoms with Gasteiger partial charge in [-0.2, -0.15) is 0 Å². The highest BCUT2D eigenvalue weighted by molar-refractivity contribution is 6.01. The Labute approximate surface area is 127 Å². The molecule has 3 rings (SSSR count). The fourth-order valence-electron chi connectivity index (χ4n) is 2.98. The van der Waals surface area contributed by atoms with Gasteiger partial charge < -0.3 is 10.4 Å². The summed E-state index contributed by atoms with van der Waals surface area (Å²) >= 11 is 0. The summed E-state index contributed by atoms with van der Waals surface area (Å²) < 4.78 is 0. The van der Waals surface area contributed by atoms with Gasteiger partial charge >= 0.3 is 5.97 Å². The first-order valence-corrected chi connectivity index (χ1v) is 7.18. The van der Waals surface area contributed by atoms with Crippen LogP contribution >= 0.6 is 0 Å². The van der Waals surface area contributed by atoms with Crippen LogP contribution in [0.5, 0.6) is 0 Å². The van der Waals surface area contributed by atoms with Gasteiger partial charge in [0.2, 0.25) is 5.91 Å². The molecule has 6 heteroatoms. The van der Waals surface area contributed by atoms with E-state index in [2.05, 4.69) is 5.32 Å². The Balaban J connectivity index is 1.63. The second-order valence-electron chi connectivity index (χ2n) is 5.46. The molecule has 0 bridgehead atoms. The molecular weight excluding hydrogens is 284 g/mol. The number of hydrogen-bond donors (Lipinski definition) is 2. The van der Waals surface area contributed by atoms with E-state index in [0.29, 0.717) is 12.8 Å². The molecule has 2 amide bonds. The Kier molecular flexibility index (Phi) is 3.66. The summed E-state index contributed by atoms with van der Waals surface area (Å²) in [6.07, 6.45) is 3.03. The summed E-state index contributed by atoms with van der Waals surface area (Å²) in [4.78, 5) is 36.5. The number of carboxylic acid groups (broad SMARTS) is 1. The number of carboxylic acids is 1. The second-order valence-corrected chi connectivity index (χ2v) is 5.46. The zero-order valence-corrected chi connectivity index (χ0v) is 11.9. The van der Waals surface area contributed by atoms with Crippen LogP contribution in [0.15, 0.2) is 42.1 Å². The van der Waals surface area contributed by atoms with Crippen molar-refractivity contribution in [2.24, 2.45) is 0 Å². The maximum Gasteiger partial charge on any atom is 0.352 e. The van der Waals surface area contributed by atoms with E-state index in [4.69, 9.17) is 5.11 Å². The first-order valence-electron chi connectivity index (χ1n) is 7.18. The molecule has 2 heterocycles. The first-order chi connectivity index (χ1) is 10.6. The van der Waals surface area contributed by atoms with Crippen molar-refractivity contribution in [3.8, 4) is 0 Å². The molecule has 0 radical (unpaired) electrons. The Hall–Kier alpha value is -2.63. The van der Waals surface area contributed by atoms with E-state index in [1.165, 1.54) is 4.90 Å². The fourth-order valence-corrected chi connectivity index (χ4v) is 2.98. The van der Waals surface area contributed by atoms with Crippen LogP contribution in [0.2, 0.25) is 0 Å². The highest BCUT2D eigenvalue weighted by Crippen LogP contribution is 2.33. The molecule has 1 aromatic carbocycles. The van der Waals surface area contributed by atoms with Crippen molar-refractivity contribution in [2.75, 3.05) is 0 Å². The van der Waals surface area contributed by atoms with Crippen molar-refractivity contribution in [3.05, 3.63) is 47.7 Å². The van der Waals surface area contributed by atoms with Crippen LogP contribution in [0.25, 0.3) is 0 Å². The highest BCUT2D eigenvalue weighted by Gasteiger charge is 2.51. The molecule has 2 aliphatic heterocycles. The van der Waals surface area contributed by atoms with Crippen molar-refractivity contribution < 1.29 is 19.5 Å². The number of carbonyl (C=O) groups is 3. The number of rotatable bonds is 4. The molecule has 0 aliphatic carbocycles. The summed E-state index contributed by atoms with van der Waals surface area (Å²) in [5.41, 5.74) is 0.896. The van der Waals surface area contributed by atoms with Gasteiger partial charge in [-0.1, -0.05) is 36.4 Å². The Bertz CT molecular complexity index is 653. The van der Waals surface area contributed by atoms with Crippen molar-refractivity contribution in [1.82, 2.24) is 10.2 Å². The van der Waals surface area contributed by atoms with Gasteiger partial charge in [0.25, 0.3) is 5.91 Å². The lowest BCUT2D eigenvalue weighted by atomic mass is 9.86. The molecule has 2 atom stereocenters. The summed E-state index contributed by atoms with van der Waals surface area (Å²) in [7, 11) is 0. The van der Waals surface area contributed by atoms with Crippen molar-refractivity contribution in [3.63, 3.8) is 0 Å². The molecule has 114 valence electrons. The van der Waals surface area contributed by atoms with Gasteiger partial charge in [0.15, 0.2) is 0 Å². The van der Waals surface area contributed by atoms with Crippen LogP contribution in [-0.2, 0) is 20.8 Å². The van der Waals surface area contributed by atoms with Crippen LogP contribution in [0.1, 0.15) is 18.4 Å². The molecule has 0 spiro atoms. The maximum absolute atomic E-state index is 12.1. The smallest absolute Gasteiger partial charge is 0.352 e. The largest absolute Gasteiger partial charge is 0.477 e. The standard InChI is InChI=1S/C16H16N2O4/c19-13(9-10-5-2-1-3-6-10)17-14-11-7-4-8-12(16(21)22)18(11)15(14)20/h1-3,5-6,8,11,14H,4,7,9H2,(H,17,19)(H,21,22)/t11-,14-/m0/s1. The Morgan fingerprint density at radius 1 is 1.27 bits per heavy atom. The van der Waals surface area contributed by atoms with Gasteiger partial charge in [-0.25, -0.2) is 4.79 Å². The molecule has 1 aromatic rings. The first kappa shape index (κ1) is 14.3. The summed E-state index contributed by atoms with van der Waals surface area (Å²) in [6, 6.07) is 8.41. The van der Waals surface area contributed by atoms with E-state index in [1.54, 1.807) is 6.08 Å². The van der Waals surface area contributed by atoms with Gasteiger partial charge in [0.05, 0.1) is 12.5 Å². The summed E-state index contributed by atoms with van der Waals surface area (Å²) in [5.74, 6) is -1.68. The zero-order valence-electron chi connectivity index (χ0n) is 11.9. The van der Waals surface area contributed by atoms with E-state index in [9.17, 15) is 14.4 Å². The molecule has 0 saturated carbocycles.